The van der Waals surface area contributed by atoms with E-state index < -0.39 is 33.6 Å². The largest absolute Gasteiger partial charge is 0.438 e. The first-order valence-electron chi connectivity index (χ1n) is 10.9. The average Bonchev–Trinajstić information content (AvgIpc) is 3.35. The van der Waals surface area contributed by atoms with Crippen molar-refractivity contribution in [3.05, 3.63) is 53.3 Å². The highest BCUT2D eigenvalue weighted by Crippen LogP contribution is 2.30. The van der Waals surface area contributed by atoms with Crippen LogP contribution in [0.2, 0.25) is 0 Å². The number of nitrogens with zero attached hydrogens (tertiary/aromatic N) is 3. The van der Waals surface area contributed by atoms with Crippen LogP contribution in [-0.4, -0.2) is 73.6 Å². The van der Waals surface area contributed by atoms with Gasteiger partial charge in [-0.3, -0.25) is 9.59 Å². The van der Waals surface area contributed by atoms with Crippen LogP contribution < -0.4 is 0 Å². The van der Waals surface area contributed by atoms with Crippen molar-refractivity contribution < 1.29 is 35.6 Å². The van der Waals surface area contributed by atoms with Crippen molar-refractivity contribution in [1.29, 1.82) is 0 Å². The van der Waals surface area contributed by atoms with E-state index in [0.717, 1.165) is 31.4 Å². The molecule has 2 amide bonds. The number of rotatable bonds is 4. The number of piperazine rings is 1. The fraction of sp³-hybridized carbons (Fsp3) is 0.455. The van der Waals surface area contributed by atoms with Crippen molar-refractivity contribution in [1.82, 2.24) is 14.1 Å². The fourth-order valence-electron chi connectivity index (χ4n) is 4.09. The number of hydrogen-bond donors (Lipinski definition) is 0. The molecular weight excluding hydrogens is 475 g/mol. The Hall–Kier alpha value is -2.86. The van der Waals surface area contributed by atoms with Gasteiger partial charge in [-0.15, -0.1) is 0 Å². The third kappa shape index (κ3) is 4.97. The van der Waals surface area contributed by atoms with E-state index in [9.17, 15) is 31.2 Å². The molecule has 12 heteroatoms. The molecule has 0 radical (unpaired) electrons. The second-order valence-electron chi connectivity index (χ2n) is 8.25. The minimum Gasteiger partial charge on any atom is -0.438 e. The summed E-state index contributed by atoms with van der Waals surface area (Å²) in [6, 6.07) is 6.80. The Kier molecular flexibility index (Phi) is 6.72. The molecular formula is C22H24F3N3O5S. The molecule has 3 heterocycles. The molecule has 1 aromatic carbocycles. The van der Waals surface area contributed by atoms with Gasteiger partial charge in [0.2, 0.25) is 5.09 Å². The molecule has 4 rings (SSSR count). The Balaban J connectivity index is 1.38. The molecule has 0 unspecified atom stereocenters. The van der Waals surface area contributed by atoms with Gasteiger partial charge >= 0.3 is 6.18 Å². The monoisotopic (exact) mass is 499 g/mol. The van der Waals surface area contributed by atoms with Crippen LogP contribution in [0.1, 0.15) is 45.7 Å². The van der Waals surface area contributed by atoms with E-state index in [1.165, 1.54) is 38.4 Å². The average molecular weight is 500 g/mol. The van der Waals surface area contributed by atoms with E-state index in [0.29, 0.717) is 13.1 Å². The van der Waals surface area contributed by atoms with Gasteiger partial charge in [0.25, 0.3) is 21.8 Å². The van der Waals surface area contributed by atoms with Crippen molar-refractivity contribution in [3.63, 3.8) is 0 Å². The summed E-state index contributed by atoms with van der Waals surface area (Å²) in [7, 11) is -3.81. The number of carbonyl (C=O) groups is 2. The van der Waals surface area contributed by atoms with Gasteiger partial charge in [0.15, 0.2) is 5.76 Å². The number of alkyl halides is 3. The van der Waals surface area contributed by atoms with Crippen molar-refractivity contribution in [3.8, 4) is 0 Å². The Morgan fingerprint density at radius 3 is 2.06 bits per heavy atom. The molecule has 2 fully saturated rings. The predicted molar refractivity (Wildman–Crippen MR) is 115 cm³/mol. The maximum atomic E-state index is 12.9. The molecule has 34 heavy (non-hydrogen) atoms. The summed E-state index contributed by atoms with van der Waals surface area (Å²) in [5.41, 5.74) is -0.978. The topological polar surface area (TPSA) is 91.1 Å². The van der Waals surface area contributed by atoms with Gasteiger partial charge in [0.1, 0.15) is 0 Å². The standard InChI is InChI=1S/C22H24F3N3O5S/c23-22(24,25)17-6-4-5-16(15-17)20(29)26-11-13-27(14-12-26)21(30)18-7-8-19(33-18)34(31,32)28-9-2-1-3-10-28/h4-8,15H,1-3,9-14H2. The number of amides is 2. The number of piperidine rings is 1. The van der Waals surface area contributed by atoms with Crippen molar-refractivity contribution in [2.45, 2.75) is 30.5 Å². The van der Waals surface area contributed by atoms with Crippen LogP contribution >= 0.6 is 0 Å². The molecule has 2 aromatic rings. The van der Waals surface area contributed by atoms with Gasteiger partial charge in [0.05, 0.1) is 5.56 Å². The lowest BCUT2D eigenvalue weighted by Gasteiger charge is -2.34. The van der Waals surface area contributed by atoms with Crippen molar-refractivity contribution in [2.75, 3.05) is 39.3 Å². The number of sulfonamides is 1. The van der Waals surface area contributed by atoms with E-state index >= 15 is 0 Å². The van der Waals surface area contributed by atoms with Gasteiger partial charge in [-0.05, 0) is 43.2 Å². The van der Waals surface area contributed by atoms with Gasteiger partial charge in [-0.1, -0.05) is 12.5 Å². The van der Waals surface area contributed by atoms with Gasteiger partial charge in [0, 0.05) is 44.8 Å². The Labute approximate surface area is 195 Å². The summed E-state index contributed by atoms with van der Waals surface area (Å²) in [6.07, 6.45) is -2.04. The van der Waals surface area contributed by atoms with E-state index in [2.05, 4.69) is 0 Å². The highest BCUT2D eigenvalue weighted by atomic mass is 32.2. The van der Waals surface area contributed by atoms with Gasteiger partial charge < -0.3 is 14.2 Å². The van der Waals surface area contributed by atoms with E-state index in [1.54, 1.807) is 0 Å². The van der Waals surface area contributed by atoms with Crippen molar-refractivity contribution >= 4 is 21.8 Å². The summed E-state index contributed by atoms with van der Waals surface area (Å²) < 4.78 is 71.0. The summed E-state index contributed by atoms with van der Waals surface area (Å²) in [4.78, 5) is 28.3. The first kappa shape index (κ1) is 24.3. The minimum absolute atomic E-state index is 0.0757. The Bertz CT molecular complexity index is 1160. The van der Waals surface area contributed by atoms with E-state index in [-0.39, 0.29) is 42.6 Å². The zero-order valence-electron chi connectivity index (χ0n) is 18.3. The van der Waals surface area contributed by atoms with Crippen LogP contribution in [0.4, 0.5) is 13.2 Å². The molecule has 0 atom stereocenters. The third-order valence-corrected chi connectivity index (χ3v) is 7.77. The molecule has 8 nitrogen and oxygen atoms in total. The summed E-state index contributed by atoms with van der Waals surface area (Å²) in [5.74, 6) is -1.18. The molecule has 1 aromatic heterocycles. The fourth-order valence-corrected chi connectivity index (χ4v) is 5.51. The maximum absolute atomic E-state index is 12.9. The first-order valence-corrected chi connectivity index (χ1v) is 12.4. The normalized spacial score (nSPS) is 18.2. The molecule has 2 saturated heterocycles. The number of hydrogen-bond acceptors (Lipinski definition) is 5. The SMILES string of the molecule is O=C(c1cccc(C(F)(F)F)c1)N1CCN(C(=O)c2ccc(S(=O)(=O)N3CCCCC3)o2)CC1. The van der Waals surface area contributed by atoms with Gasteiger partial charge in [-0.2, -0.15) is 17.5 Å². The molecule has 0 aliphatic carbocycles. The zero-order valence-corrected chi connectivity index (χ0v) is 19.1. The van der Waals surface area contributed by atoms with Crippen LogP contribution in [0.25, 0.3) is 0 Å². The highest BCUT2D eigenvalue weighted by molar-refractivity contribution is 7.89. The molecule has 2 aliphatic rings. The van der Waals surface area contributed by atoms with Gasteiger partial charge in [-0.25, -0.2) is 8.42 Å². The van der Waals surface area contributed by atoms with E-state index in [1.807, 2.05) is 0 Å². The van der Waals surface area contributed by atoms with Crippen LogP contribution in [0, 0.1) is 0 Å². The number of halogens is 3. The molecule has 0 saturated carbocycles. The molecule has 0 spiro atoms. The van der Waals surface area contributed by atoms with E-state index in [4.69, 9.17) is 4.42 Å². The second kappa shape index (κ2) is 9.41. The number of furan rings is 1. The zero-order chi connectivity index (χ0) is 24.5. The summed E-state index contributed by atoms with van der Waals surface area (Å²) in [6.45, 7) is 1.35. The maximum Gasteiger partial charge on any atom is 0.416 e. The predicted octanol–water partition coefficient (Wildman–Crippen LogP) is 3.07. The van der Waals surface area contributed by atoms with Crippen LogP contribution in [0.3, 0.4) is 0 Å². The smallest absolute Gasteiger partial charge is 0.416 e. The first-order chi connectivity index (χ1) is 16.1. The quantitative estimate of drug-likeness (QED) is 0.645. The minimum atomic E-state index is -4.55. The Morgan fingerprint density at radius 1 is 0.824 bits per heavy atom. The van der Waals surface area contributed by atoms with Crippen LogP contribution in [-0.2, 0) is 16.2 Å². The lowest BCUT2D eigenvalue weighted by atomic mass is 10.1. The Morgan fingerprint density at radius 2 is 1.44 bits per heavy atom. The summed E-state index contributed by atoms with van der Waals surface area (Å²) >= 11 is 0. The van der Waals surface area contributed by atoms with Crippen LogP contribution in [0.15, 0.2) is 45.9 Å². The highest BCUT2D eigenvalue weighted by Gasteiger charge is 2.33. The third-order valence-electron chi connectivity index (χ3n) is 5.99. The molecule has 184 valence electrons. The van der Waals surface area contributed by atoms with Crippen molar-refractivity contribution in [2.24, 2.45) is 0 Å². The number of carbonyl (C=O) groups excluding carboxylic acids is 2. The molecule has 0 bridgehead atoms. The lowest BCUT2D eigenvalue weighted by molar-refractivity contribution is -0.137. The van der Waals surface area contributed by atoms with Crippen LogP contribution in [0.5, 0.6) is 0 Å². The summed E-state index contributed by atoms with van der Waals surface area (Å²) in [5, 5.41) is -0.281. The molecule has 2 aliphatic heterocycles. The molecule has 0 N–H and O–H groups in total. The number of benzene rings is 1. The second-order valence-corrected chi connectivity index (χ2v) is 10.1. The lowest BCUT2D eigenvalue weighted by Crippen LogP contribution is -2.50.